The molecule has 0 spiro atoms. The Kier molecular flexibility index (Phi) is 4.94. The summed E-state index contributed by atoms with van der Waals surface area (Å²) in [5.74, 6) is -0.0414. The summed E-state index contributed by atoms with van der Waals surface area (Å²) in [6.07, 6.45) is 5.57. The number of fused-ring (bicyclic) bond motifs is 1. The molecule has 2 aliphatic rings. The Morgan fingerprint density at radius 3 is 2.74 bits per heavy atom. The van der Waals surface area contributed by atoms with E-state index in [1.54, 1.807) is 22.7 Å². The fourth-order valence-corrected chi connectivity index (χ4v) is 4.80. The third-order valence-electron chi connectivity index (χ3n) is 3.52. The van der Waals surface area contributed by atoms with Crippen molar-refractivity contribution in [3.8, 4) is 0 Å². The molecular formula is C17H16N2OS3. The van der Waals surface area contributed by atoms with E-state index in [-0.39, 0.29) is 5.91 Å². The quantitative estimate of drug-likeness (QED) is 0.450. The van der Waals surface area contributed by atoms with Crippen LogP contribution in [0.3, 0.4) is 0 Å². The van der Waals surface area contributed by atoms with Gasteiger partial charge in [0.15, 0.2) is 0 Å². The first-order valence-electron chi connectivity index (χ1n) is 7.26. The van der Waals surface area contributed by atoms with Gasteiger partial charge in [-0.15, -0.1) is 6.58 Å². The van der Waals surface area contributed by atoms with E-state index < -0.39 is 0 Å². The van der Waals surface area contributed by atoms with Gasteiger partial charge in [0, 0.05) is 18.0 Å². The van der Waals surface area contributed by atoms with Crippen LogP contribution in [0.2, 0.25) is 0 Å². The smallest absolute Gasteiger partial charge is 0.266 e. The summed E-state index contributed by atoms with van der Waals surface area (Å²) in [7, 11) is 0. The highest BCUT2D eigenvalue weighted by Gasteiger charge is 2.31. The van der Waals surface area contributed by atoms with Gasteiger partial charge in [-0.3, -0.25) is 9.69 Å². The number of benzene rings is 1. The second-order valence-corrected chi connectivity index (χ2v) is 7.66. The molecule has 0 saturated carbocycles. The normalized spacial score (nSPS) is 20.7. The molecule has 3 nitrogen and oxygen atoms in total. The summed E-state index contributed by atoms with van der Waals surface area (Å²) >= 11 is 8.33. The van der Waals surface area contributed by atoms with Crippen molar-refractivity contribution in [2.45, 2.75) is 11.8 Å². The van der Waals surface area contributed by atoms with Crippen LogP contribution >= 0.6 is 35.7 Å². The molecule has 6 heteroatoms. The van der Waals surface area contributed by atoms with E-state index in [1.165, 1.54) is 22.3 Å². The molecule has 0 atom stereocenters. The van der Waals surface area contributed by atoms with Gasteiger partial charge in [-0.2, -0.15) is 0 Å². The van der Waals surface area contributed by atoms with Crippen LogP contribution in [0.4, 0.5) is 5.69 Å². The highest BCUT2D eigenvalue weighted by molar-refractivity contribution is 8.26. The van der Waals surface area contributed by atoms with Crippen molar-refractivity contribution in [2.24, 2.45) is 0 Å². The molecule has 2 aliphatic heterocycles. The number of allylic oxidation sites excluding steroid dienone is 2. The number of thioether (sulfide) groups is 2. The summed E-state index contributed by atoms with van der Waals surface area (Å²) in [4.78, 5) is 18.1. The number of para-hydroxylation sites is 1. The Morgan fingerprint density at radius 2 is 2.00 bits per heavy atom. The lowest BCUT2D eigenvalue weighted by Gasteiger charge is -2.17. The van der Waals surface area contributed by atoms with Crippen molar-refractivity contribution < 1.29 is 4.79 Å². The van der Waals surface area contributed by atoms with Gasteiger partial charge in [-0.25, -0.2) is 0 Å². The van der Waals surface area contributed by atoms with Crippen LogP contribution in [0.1, 0.15) is 6.92 Å². The number of hydrogen-bond donors (Lipinski definition) is 0. The second kappa shape index (κ2) is 6.95. The van der Waals surface area contributed by atoms with Crippen LogP contribution in [0.25, 0.3) is 0 Å². The number of carbonyl (C=O) groups is 1. The largest absolute Gasteiger partial charge is 0.335 e. The van der Waals surface area contributed by atoms with Crippen LogP contribution in [0.15, 0.2) is 63.9 Å². The van der Waals surface area contributed by atoms with Crippen molar-refractivity contribution in [1.29, 1.82) is 0 Å². The van der Waals surface area contributed by atoms with Crippen LogP contribution in [-0.2, 0) is 4.79 Å². The maximum Gasteiger partial charge on any atom is 0.266 e. The van der Waals surface area contributed by atoms with Gasteiger partial charge < -0.3 is 4.90 Å². The van der Waals surface area contributed by atoms with Gasteiger partial charge in [0.1, 0.15) is 4.32 Å². The topological polar surface area (TPSA) is 23.6 Å². The first-order chi connectivity index (χ1) is 11.2. The summed E-state index contributed by atoms with van der Waals surface area (Å²) in [6, 6.07) is 8.33. The zero-order valence-corrected chi connectivity index (χ0v) is 15.1. The predicted molar refractivity (Wildman–Crippen MR) is 104 cm³/mol. The fourth-order valence-electron chi connectivity index (χ4n) is 2.45. The summed E-state index contributed by atoms with van der Waals surface area (Å²) < 4.78 is 0.592. The molecule has 0 N–H and O–H groups in total. The Bertz CT molecular complexity index is 739. The Morgan fingerprint density at radius 1 is 1.22 bits per heavy atom. The number of carbonyl (C=O) groups excluding carboxylic acids is 1. The average molecular weight is 361 g/mol. The minimum absolute atomic E-state index is 0.0414. The second-order valence-electron chi connectivity index (χ2n) is 4.92. The summed E-state index contributed by atoms with van der Waals surface area (Å²) in [5.41, 5.74) is 1.22. The molecule has 1 saturated heterocycles. The van der Waals surface area contributed by atoms with E-state index in [0.29, 0.717) is 15.8 Å². The van der Waals surface area contributed by atoms with Crippen molar-refractivity contribution >= 4 is 51.7 Å². The molecule has 1 aromatic rings. The minimum atomic E-state index is -0.0414. The minimum Gasteiger partial charge on any atom is -0.335 e. The summed E-state index contributed by atoms with van der Waals surface area (Å²) in [5, 5.41) is 1.13. The standard InChI is InChI=1S/C17H16N2OS3/c1-3-11-19-16(20)14(23-17(19)21)9-10-15-18(4-2)12-7-5-6-8-13(12)22-15/h3,5-10H,1,4,11H2,2H3/b14-9+,15-10-. The SMILES string of the molecule is C=CCN1C(=O)/C(=C\C=C2/Sc3ccccc3N2CC)SC1=S. The highest BCUT2D eigenvalue weighted by atomic mass is 32.2. The maximum atomic E-state index is 12.3. The Hall–Kier alpha value is -1.50. The predicted octanol–water partition coefficient (Wildman–Crippen LogP) is 4.39. The molecule has 0 aliphatic carbocycles. The van der Waals surface area contributed by atoms with Crippen LogP contribution in [-0.4, -0.2) is 28.2 Å². The van der Waals surface area contributed by atoms with Crippen molar-refractivity contribution in [2.75, 3.05) is 18.0 Å². The first-order valence-corrected chi connectivity index (χ1v) is 9.30. The number of rotatable bonds is 4. The van der Waals surface area contributed by atoms with Crippen LogP contribution in [0, 0.1) is 0 Å². The van der Waals surface area contributed by atoms with Gasteiger partial charge in [-0.05, 0) is 31.2 Å². The number of anilines is 1. The van der Waals surface area contributed by atoms with Gasteiger partial charge in [0.05, 0.1) is 15.6 Å². The van der Waals surface area contributed by atoms with Crippen molar-refractivity contribution in [3.63, 3.8) is 0 Å². The molecule has 118 valence electrons. The molecule has 0 aromatic heterocycles. The zero-order valence-electron chi connectivity index (χ0n) is 12.7. The van der Waals surface area contributed by atoms with E-state index in [4.69, 9.17) is 12.2 Å². The van der Waals surface area contributed by atoms with Gasteiger partial charge in [0.2, 0.25) is 0 Å². The number of thiocarbonyl (C=S) groups is 1. The van der Waals surface area contributed by atoms with Gasteiger partial charge in [0.25, 0.3) is 5.91 Å². The molecular weight excluding hydrogens is 344 g/mol. The maximum absolute atomic E-state index is 12.3. The number of nitrogens with zero attached hydrogens (tertiary/aromatic N) is 2. The summed E-state index contributed by atoms with van der Waals surface area (Å²) in [6.45, 7) is 7.14. The molecule has 2 heterocycles. The molecule has 0 bridgehead atoms. The van der Waals surface area contributed by atoms with Crippen molar-refractivity contribution in [3.05, 3.63) is 59.0 Å². The third kappa shape index (κ3) is 3.11. The molecule has 0 radical (unpaired) electrons. The van der Waals surface area contributed by atoms with E-state index in [1.807, 2.05) is 24.3 Å². The average Bonchev–Trinajstić information content (AvgIpc) is 3.04. The lowest BCUT2D eigenvalue weighted by atomic mass is 10.3. The van der Waals surface area contributed by atoms with E-state index in [9.17, 15) is 4.79 Å². The van der Waals surface area contributed by atoms with E-state index >= 15 is 0 Å². The first kappa shape index (κ1) is 16.4. The lowest BCUT2D eigenvalue weighted by Crippen LogP contribution is -2.27. The van der Waals surface area contributed by atoms with Gasteiger partial charge in [-0.1, -0.05) is 54.0 Å². The fraction of sp³-hybridized carbons (Fsp3) is 0.176. The van der Waals surface area contributed by atoms with Crippen LogP contribution in [0.5, 0.6) is 0 Å². The monoisotopic (exact) mass is 360 g/mol. The Labute approximate surface area is 150 Å². The van der Waals surface area contributed by atoms with Crippen molar-refractivity contribution in [1.82, 2.24) is 4.90 Å². The third-order valence-corrected chi connectivity index (χ3v) is 6.04. The molecule has 1 aromatic carbocycles. The lowest BCUT2D eigenvalue weighted by molar-refractivity contribution is -0.121. The molecule has 1 fully saturated rings. The van der Waals surface area contributed by atoms with Crippen LogP contribution < -0.4 is 4.90 Å². The number of amides is 1. The molecule has 3 rings (SSSR count). The van der Waals surface area contributed by atoms with E-state index in [2.05, 4.69) is 30.5 Å². The number of hydrogen-bond acceptors (Lipinski definition) is 5. The Balaban J connectivity index is 1.85. The zero-order chi connectivity index (χ0) is 16.4. The molecule has 1 amide bonds. The van der Waals surface area contributed by atoms with Gasteiger partial charge >= 0.3 is 0 Å². The highest BCUT2D eigenvalue weighted by Crippen LogP contribution is 2.45. The van der Waals surface area contributed by atoms with E-state index in [0.717, 1.165) is 11.6 Å². The molecule has 0 unspecified atom stereocenters. The molecule has 23 heavy (non-hydrogen) atoms.